The summed E-state index contributed by atoms with van der Waals surface area (Å²) in [6, 6.07) is 0. The standard InChI is InChI=1S/C62H104O20/c1-12-14-16-28-34-41(3)36-30-24-20-18-22-26-32-38-51(70)72-40-50-53(81-52(71)39-33-27-23-19-21-25-31-37-42(4)35-29-17-15-13-2)54(73-43(5)63)61(79-49(11)69)62(80-50)82-60-58(77-47(9)67)56(75-45(7)65)55(74-44(6)64)57(76-46(8)66)59(60)78-48(10)68/h41-42,50,53-62H,12-40H2,1-11H3. The third-order valence-electron chi connectivity index (χ3n) is 14.9. The van der Waals surface area contributed by atoms with Gasteiger partial charge in [0.25, 0.3) is 0 Å². The third kappa shape index (κ3) is 30.6. The summed E-state index contributed by atoms with van der Waals surface area (Å²) in [6.45, 7) is 15.6. The number of rotatable bonds is 42. The van der Waals surface area contributed by atoms with Crippen LogP contribution in [0.3, 0.4) is 0 Å². The maximum Gasteiger partial charge on any atom is 0.306 e. The van der Waals surface area contributed by atoms with Gasteiger partial charge in [0.2, 0.25) is 0 Å². The molecule has 0 bridgehead atoms. The molecular formula is C62H104O20. The highest BCUT2D eigenvalue weighted by Gasteiger charge is 2.62. The lowest BCUT2D eigenvalue weighted by Gasteiger charge is -2.50. The van der Waals surface area contributed by atoms with Gasteiger partial charge in [0.05, 0.1) is 0 Å². The summed E-state index contributed by atoms with van der Waals surface area (Å²) in [4.78, 5) is 117. The van der Waals surface area contributed by atoms with Crippen LogP contribution in [-0.2, 0) is 95.3 Å². The van der Waals surface area contributed by atoms with Crippen LogP contribution in [0.2, 0.25) is 0 Å². The smallest absolute Gasteiger partial charge is 0.306 e. The average Bonchev–Trinajstić information content (AvgIpc) is 3.38. The topological polar surface area (TPSA) is 255 Å². The van der Waals surface area contributed by atoms with E-state index in [0.717, 1.165) is 125 Å². The van der Waals surface area contributed by atoms with Crippen molar-refractivity contribution in [3.8, 4) is 0 Å². The van der Waals surface area contributed by atoms with Crippen molar-refractivity contribution in [2.45, 2.75) is 323 Å². The van der Waals surface area contributed by atoms with E-state index in [1.165, 1.54) is 89.9 Å². The Balaban J connectivity index is 2.45. The van der Waals surface area contributed by atoms with Crippen LogP contribution in [-0.4, -0.2) is 128 Å². The highest BCUT2D eigenvalue weighted by Crippen LogP contribution is 2.38. The molecule has 0 aromatic carbocycles. The lowest BCUT2D eigenvalue weighted by Crippen LogP contribution is -2.70. The zero-order valence-corrected chi connectivity index (χ0v) is 51.7. The molecule has 1 aliphatic carbocycles. The van der Waals surface area contributed by atoms with E-state index in [1.54, 1.807) is 0 Å². The number of ether oxygens (including phenoxy) is 11. The zero-order chi connectivity index (χ0) is 61.0. The van der Waals surface area contributed by atoms with Crippen molar-refractivity contribution >= 4 is 53.7 Å². The minimum Gasteiger partial charge on any atom is -0.463 e. The quantitative estimate of drug-likeness (QED) is 0.0313. The third-order valence-corrected chi connectivity index (χ3v) is 14.9. The number of esters is 9. The van der Waals surface area contributed by atoms with Gasteiger partial charge in [-0.1, -0.05) is 182 Å². The second kappa shape index (κ2) is 42.0. The van der Waals surface area contributed by atoms with E-state index in [2.05, 4.69) is 27.7 Å². The van der Waals surface area contributed by atoms with Crippen LogP contribution < -0.4 is 0 Å². The number of unbranched alkanes of at least 4 members (excludes halogenated alkanes) is 18. The van der Waals surface area contributed by atoms with Gasteiger partial charge in [-0.05, 0) is 24.7 Å². The van der Waals surface area contributed by atoms with Gasteiger partial charge < -0.3 is 52.1 Å². The fraction of sp³-hybridized carbons (Fsp3) is 0.855. The Bertz CT molecular complexity index is 1860. The van der Waals surface area contributed by atoms with Gasteiger partial charge in [-0.15, -0.1) is 0 Å². The summed E-state index contributed by atoms with van der Waals surface area (Å²) in [5.41, 5.74) is 0. The number of hydrogen-bond acceptors (Lipinski definition) is 20. The second-order valence-corrected chi connectivity index (χ2v) is 22.7. The van der Waals surface area contributed by atoms with Crippen molar-refractivity contribution < 1.29 is 95.3 Å². The van der Waals surface area contributed by atoms with Crippen LogP contribution in [0.25, 0.3) is 0 Å². The minimum absolute atomic E-state index is 0.0448. The zero-order valence-electron chi connectivity index (χ0n) is 51.7. The fourth-order valence-corrected chi connectivity index (χ4v) is 10.8. The van der Waals surface area contributed by atoms with Gasteiger partial charge in [0.1, 0.15) is 18.8 Å². The Labute approximate surface area is 489 Å². The van der Waals surface area contributed by atoms with E-state index in [1.807, 2.05) is 0 Å². The molecule has 1 heterocycles. The molecule has 11 atom stereocenters. The molecule has 2 aliphatic rings. The molecule has 82 heavy (non-hydrogen) atoms. The molecule has 20 nitrogen and oxygen atoms in total. The molecule has 0 aromatic heterocycles. The van der Waals surface area contributed by atoms with Gasteiger partial charge in [-0.2, -0.15) is 0 Å². The Morgan fingerprint density at radius 3 is 0.951 bits per heavy atom. The molecule has 20 heteroatoms. The summed E-state index contributed by atoms with van der Waals surface area (Å²) in [6.07, 6.45) is 8.76. The predicted octanol–water partition coefficient (Wildman–Crippen LogP) is 11.3. The monoisotopic (exact) mass is 1170 g/mol. The summed E-state index contributed by atoms with van der Waals surface area (Å²) in [5, 5.41) is 0. The van der Waals surface area contributed by atoms with E-state index < -0.39 is 128 Å². The van der Waals surface area contributed by atoms with Crippen LogP contribution in [0, 0.1) is 11.8 Å². The van der Waals surface area contributed by atoms with E-state index >= 15 is 0 Å². The average molecular weight is 1170 g/mol. The van der Waals surface area contributed by atoms with E-state index in [4.69, 9.17) is 52.1 Å². The number of hydrogen-bond donors (Lipinski definition) is 0. The summed E-state index contributed by atoms with van der Waals surface area (Å²) in [7, 11) is 0. The molecule has 11 unspecified atom stereocenters. The lowest BCUT2D eigenvalue weighted by atomic mass is 9.83. The maximum atomic E-state index is 13.8. The summed E-state index contributed by atoms with van der Waals surface area (Å²) in [5.74, 6) is -6.67. The molecule has 1 aliphatic heterocycles. The van der Waals surface area contributed by atoms with Crippen molar-refractivity contribution in [1.29, 1.82) is 0 Å². The molecule has 0 N–H and O–H groups in total. The lowest BCUT2D eigenvalue weighted by molar-refractivity contribution is -0.343. The SMILES string of the molecule is CCCCCCC(C)CCCCCCCCCC(=O)OCC1OC(OC2C(OC(C)=O)C(OC(C)=O)C(OC(C)=O)C(OC(C)=O)C2OC(C)=O)C(OC(C)=O)C(OC(C)=O)C1OC(=O)CCCCCCCCCC(C)CCCCCC. The maximum absolute atomic E-state index is 13.8. The molecule has 1 saturated carbocycles. The van der Waals surface area contributed by atoms with Crippen LogP contribution >= 0.6 is 0 Å². The van der Waals surface area contributed by atoms with Gasteiger partial charge >= 0.3 is 53.7 Å². The van der Waals surface area contributed by atoms with Crippen molar-refractivity contribution in [2.75, 3.05) is 6.61 Å². The Morgan fingerprint density at radius 2 is 0.610 bits per heavy atom. The highest BCUT2D eigenvalue weighted by atomic mass is 16.8. The van der Waals surface area contributed by atoms with Crippen molar-refractivity contribution in [3.05, 3.63) is 0 Å². The Morgan fingerprint density at radius 1 is 0.329 bits per heavy atom. The van der Waals surface area contributed by atoms with Gasteiger partial charge in [-0.25, -0.2) is 0 Å². The molecule has 472 valence electrons. The molecule has 0 aromatic rings. The normalized spacial score (nSPS) is 24.0. The van der Waals surface area contributed by atoms with Crippen LogP contribution in [0.1, 0.15) is 256 Å². The predicted molar refractivity (Wildman–Crippen MR) is 302 cm³/mol. The summed E-state index contributed by atoms with van der Waals surface area (Å²) >= 11 is 0. The molecular weight excluding hydrogens is 1060 g/mol. The molecule has 0 spiro atoms. The largest absolute Gasteiger partial charge is 0.463 e. The molecule has 2 fully saturated rings. The van der Waals surface area contributed by atoms with E-state index in [0.29, 0.717) is 12.8 Å². The van der Waals surface area contributed by atoms with Crippen LogP contribution in [0.5, 0.6) is 0 Å². The molecule has 0 radical (unpaired) electrons. The van der Waals surface area contributed by atoms with Gasteiger partial charge in [0.15, 0.2) is 55.1 Å². The van der Waals surface area contributed by atoms with E-state index in [-0.39, 0.29) is 12.8 Å². The summed E-state index contributed by atoms with van der Waals surface area (Å²) < 4.78 is 64.4. The first kappa shape index (κ1) is 73.3. The van der Waals surface area contributed by atoms with Crippen molar-refractivity contribution in [3.63, 3.8) is 0 Å². The second-order valence-electron chi connectivity index (χ2n) is 22.7. The van der Waals surface area contributed by atoms with Gasteiger partial charge in [-0.3, -0.25) is 43.2 Å². The first-order valence-electron chi connectivity index (χ1n) is 30.9. The molecule has 2 rings (SSSR count). The molecule has 1 saturated heterocycles. The Hall–Kier alpha value is -4.85. The molecule has 0 amide bonds. The number of carbonyl (C=O) groups excluding carboxylic acids is 9. The van der Waals surface area contributed by atoms with E-state index in [9.17, 15) is 43.2 Å². The first-order valence-corrected chi connectivity index (χ1v) is 30.9. The minimum atomic E-state index is -1.97. The number of carbonyl (C=O) groups is 9. The van der Waals surface area contributed by atoms with Crippen molar-refractivity contribution in [1.82, 2.24) is 0 Å². The first-order chi connectivity index (χ1) is 39.1. The Kier molecular flexibility index (Phi) is 37.5. The highest BCUT2D eigenvalue weighted by molar-refractivity contribution is 5.72. The van der Waals surface area contributed by atoms with Crippen LogP contribution in [0.15, 0.2) is 0 Å². The fourth-order valence-electron chi connectivity index (χ4n) is 10.8. The van der Waals surface area contributed by atoms with Crippen LogP contribution in [0.4, 0.5) is 0 Å². The van der Waals surface area contributed by atoms with Gasteiger partial charge in [0, 0.05) is 61.3 Å². The van der Waals surface area contributed by atoms with Crippen molar-refractivity contribution in [2.24, 2.45) is 11.8 Å².